The summed E-state index contributed by atoms with van der Waals surface area (Å²) in [5.41, 5.74) is 8.17. The van der Waals surface area contributed by atoms with Crippen LogP contribution in [0.15, 0.2) is 24.3 Å². The second-order valence-corrected chi connectivity index (χ2v) is 6.44. The molecule has 1 atom stereocenters. The molecule has 0 saturated carbocycles. The molecule has 0 aliphatic carbocycles. The highest BCUT2D eigenvalue weighted by molar-refractivity contribution is 7.11. The summed E-state index contributed by atoms with van der Waals surface area (Å²) in [6.07, 6.45) is 0. The van der Waals surface area contributed by atoms with E-state index in [4.69, 9.17) is 10.5 Å². The standard InChI is InChI=1S/C16H22N2OS/c1-10(2)13-7-5-6-8-14(13)19-9-15-18-12(4)16(20-15)11(3)17/h5-8,10-11H,9,17H2,1-4H3. The van der Waals surface area contributed by atoms with Gasteiger partial charge in [0.2, 0.25) is 0 Å². The Morgan fingerprint density at radius 1 is 1.25 bits per heavy atom. The Balaban J connectivity index is 2.11. The number of hydrogen-bond acceptors (Lipinski definition) is 4. The van der Waals surface area contributed by atoms with Gasteiger partial charge in [-0.15, -0.1) is 11.3 Å². The summed E-state index contributed by atoms with van der Waals surface area (Å²) in [5.74, 6) is 1.39. The molecule has 108 valence electrons. The second kappa shape index (κ2) is 6.37. The van der Waals surface area contributed by atoms with Gasteiger partial charge in [0.1, 0.15) is 17.4 Å². The summed E-state index contributed by atoms with van der Waals surface area (Å²) in [6, 6.07) is 8.21. The second-order valence-electron chi connectivity index (χ2n) is 5.33. The van der Waals surface area contributed by atoms with Crippen LogP contribution >= 0.6 is 11.3 Å². The van der Waals surface area contributed by atoms with Crippen molar-refractivity contribution in [2.24, 2.45) is 5.73 Å². The zero-order chi connectivity index (χ0) is 14.7. The number of ether oxygens (including phenoxy) is 1. The van der Waals surface area contributed by atoms with Gasteiger partial charge in [-0.2, -0.15) is 0 Å². The summed E-state index contributed by atoms with van der Waals surface area (Å²) in [7, 11) is 0. The molecule has 2 aromatic rings. The first-order valence-electron chi connectivity index (χ1n) is 6.92. The molecule has 0 aliphatic rings. The molecule has 1 aromatic heterocycles. The van der Waals surface area contributed by atoms with Gasteiger partial charge in [0.15, 0.2) is 0 Å². The fourth-order valence-corrected chi connectivity index (χ4v) is 3.11. The lowest BCUT2D eigenvalue weighted by Gasteiger charge is -2.12. The van der Waals surface area contributed by atoms with E-state index in [1.54, 1.807) is 11.3 Å². The average Bonchev–Trinajstić information content (AvgIpc) is 2.78. The van der Waals surface area contributed by atoms with Gasteiger partial charge in [-0.25, -0.2) is 4.98 Å². The molecule has 0 bridgehead atoms. The summed E-state index contributed by atoms with van der Waals surface area (Å²) in [4.78, 5) is 5.67. The molecule has 1 aromatic carbocycles. The Morgan fingerprint density at radius 2 is 1.95 bits per heavy atom. The van der Waals surface area contributed by atoms with Gasteiger partial charge >= 0.3 is 0 Å². The molecule has 0 radical (unpaired) electrons. The number of hydrogen-bond donors (Lipinski definition) is 1. The SMILES string of the molecule is Cc1nc(COc2ccccc2C(C)C)sc1C(C)N. The molecule has 0 fully saturated rings. The Morgan fingerprint density at radius 3 is 2.55 bits per heavy atom. The molecule has 1 heterocycles. The number of rotatable bonds is 5. The maximum absolute atomic E-state index is 5.94. The van der Waals surface area contributed by atoms with Crippen molar-refractivity contribution in [2.45, 2.75) is 46.3 Å². The van der Waals surface area contributed by atoms with Gasteiger partial charge in [-0.05, 0) is 31.4 Å². The zero-order valence-electron chi connectivity index (χ0n) is 12.5. The molecule has 4 heteroatoms. The summed E-state index contributed by atoms with van der Waals surface area (Å²) >= 11 is 1.64. The van der Waals surface area contributed by atoms with Gasteiger partial charge in [0.05, 0.1) is 5.69 Å². The van der Waals surface area contributed by atoms with Crippen LogP contribution in [0.5, 0.6) is 5.75 Å². The van der Waals surface area contributed by atoms with E-state index in [2.05, 4.69) is 24.9 Å². The van der Waals surface area contributed by atoms with Crippen molar-refractivity contribution < 1.29 is 4.74 Å². The molecule has 0 spiro atoms. The van der Waals surface area contributed by atoms with Gasteiger partial charge in [-0.3, -0.25) is 0 Å². The molecule has 3 nitrogen and oxygen atoms in total. The topological polar surface area (TPSA) is 48.1 Å². The molecule has 0 aliphatic heterocycles. The lowest BCUT2D eigenvalue weighted by molar-refractivity contribution is 0.301. The van der Waals surface area contributed by atoms with Crippen LogP contribution in [-0.4, -0.2) is 4.98 Å². The summed E-state index contributed by atoms with van der Waals surface area (Å²) in [5, 5.41) is 0.980. The molecular formula is C16H22N2OS. The molecule has 0 saturated heterocycles. The number of benzene rings is 1. The molecule has 0 amide bonds. The van der Waals surface area contributed by atoms with Crippen LogP contribution in [0.4, 0.5) is 0 Å². The van der Waals surface area contributed by atoms with E-state index in [1.807, 2.05) is 32.0 Å². The molecule has 20 heavy (non-hydrogen) atoms. The largest absolute Gasteiger partial charge is 0.486 e. The Labute approximate surface area is 124 Å². The lowest BCUT2D eigenvalue weighted by Crippen LogP contribution is -2.03. The van der Waals surface area contributed by atoms with E-state index in [1.165, 1.54) is 5.56 Å². The van der Waals surface area contributed by atoms with Crippen molar-refractivity contribution in [1.29, 1.82) is 0 Å². The maximum atomic E-state index is 5.94. The van der Waals surface area contributed by atoms with Crippen LogP contribution in [0.2, 0.25) is 0 Å². The van der Waals surface area contributed by atoms with Gasteiger partial charge in [0, 0.05) is 10.9 Å². The Kier molecular flexibility index (Phi) is 4.78. The van der Waals surface area contributed by atoms with Crippen molar-refractivity contribution in [2.75, 3.05) is 0 Å². The quantitative estimate of drug-likeness (QED) is 0.899. The fourth-order valence-electron chi connectivity index (χ4n) is 2.18. The number of para-hydroxylation sites is 1. The van der Waals surface area contributed by atoms with Crippen molar-refractivity contribution in [3.8, 4) is 5.75 Å². The minimum atomic E-state index is 0.0317. The highest BCUT2D eigenvalue weighted by Crippen LogP contribution is 2.28. The Hall–Kier alpha value is -1.39. The number of nitrogens with zero attached hydrogens (tertiary/aromatic N) is 1. The predicted octanol–water partition coefficient (Wildman–Crippen LogP) is 4.17. The van der Waals surface area contributed by atoms with Crippen LogP contribution < -0.4 is 10.5 Å². The fraction of sp³-hybridized carbons (Fsp3) is 0.438. The minimum absolute atomic E-state index is 0.0317. The van der Waals surface area contributed by atoms with E-state index >= 15 is 0 Å². The number of aromatic nitrogens is 1. The third-order valence-electron chi connectivity index (χ3n) is 3.18. The van der Waals surface area contributed by atoms with Crippen LogP contribution in [0.3, 0.4) is 0 Å². The van der Waals surface area contributed by atoms with Crippen LogP contribution in [-0.2, 0) is 6.61 Å². The highest BCUT2D eigenvalue weighted by Gasteiger charge is 2.12. The molecule has 1 unspecified atom stereocenters. The van der Waals surface area contributed by atoms with Crippen molar-refractivity contribution >= 4 is 11.3 Å². The summed E-state index contributed by atoms with van der Waals surface area (Å²) < 4.78 is 5.94. The minimum Gasteiger partial charge on any atom is -0.486 e. The smallest absolute Gasteiger partial charge is 0.140 e. The molecule has 2 rings (SSSR count). The van der Waals surface area contributed by atoms with E-state index < -0.39 is 0 Å². The van der Waals surface area contributed by atoms with Crippen molar-refractivity contribution in [1.82, 2.24) is 4.98 Å². The van der Waals surface area contributed by atoms with E-state index in [9.17, 15) is 0 Å². The zero-order valence-corrected chi connectivity index (χ0v) is 13.3. The van der Waals surface area contributed by atoms with Crippen molar-refractivity contribution in [3.05, 3.63) is 45.4 Å². The maximum Gasteiger partial charge on any atom is 0.140 e. The normalized spacial score (nSPS) is 12.7. The Bertz CT molecular complexity index is 576. The van der Waals surface area contributed by atoms with Gasteiger partial charge < -0.3 is 10.5 Å². The van der Waals surface area contributed by atoms with E-state index in [-0.39, 0.29) is 6.04 Å². The summed E-state index contributed by atoms with van der Waals surface area (Å²) in [6.45, 7) is 8.83. The van der Waals surface area contributed by atoms with Gasteiger partial charge in [-0.1, -0.05) is 32.0 Å². The first-order chi connectivity index (χ1) is 9.49. The number of thiazole rings is 1. The van der Waals surface area contributed by atoms with E-state index in [0.717, 1.165) is 21.3 Å². The highest BCUT2D eigenvalue weighted by atomic mass is 32.1. The number of nitrogens with two attached hydrogens (primary N) is 1. The lowest BCUT2D eigenvalue weighted by atomic mass is 10.0. The third-order valence-corrected chi connectivity index (χ3v) is 4.51. The molecule has 2 N–H and O–H groups in total. The first-order valence-corrected chi connectivity index (χ1v) is 7.74. The third kappa shape index (κ3) is 3.38. The van der Waals surface area contributed by atoms with Crippen LogP contribution in [0, 0.1) is 6.92 Å². The van der Waals surface area contributed by atoms with Crippen molar-refractivity contribution in [3.63, 3.8) is 0 Å². The van der Waals surface area contributed by atoms with Crippen LogP contribution in [0.1, 0.15) is 53.9 Å². The van der Waals surface area contributed by atoms with E-state index in [0.29, 0.717) is 12.5 Å². The van der Waals surface area contributed by atoms with Gasteiger partial charge in [0.25, 0.3) is 0 Å². The number of aryl methyl sites for hydroxylation is 1. The molecular weight excluding hydrogens is 268 g/mol. The van der Waals surface area contributed by atoms with Crippen LogP contribution in [0.25, 0.3) is 0 Å². The first kappa shape index (κ1) is 15.0. The predicted molar refractivity (Wildman–Crippen MR) is 84.3 cm³/mol. The average molecular weight is 290 g/mol. The monoisotopic (exact) mass is 290 g/mol.